The molecule has 2 heteroatoms. The molecular weight excluding hydrogens is 198 g/mol. The lowest BCUT2D eigenvalue weighted by molar-refractivity contribution is 0.317. The third-order valence-corrected chi connectivity index (χ3v) is 2.78. The van der Waals surface area contributed by atoms with Gasteiger partial charge in [-0.2, -0.15) is 0 Å². The van der Waals surface area contributed by atoms with Crippen LogP contribution in [0.1, 0.15) is 33.3 Å². The Labute approximate surface area is 98.8 Å². The molecule has 0 radical (unpaired) electrons. The molecular formula is C14H23NO. The van der Waals surface area contributed by atoms with Crippen molar-refractivity contribution in [2.24, 2.45) is 11.1 Å². The molecule has 2 nitrogen and oxygen atoms in total. The molecule has 1 unspecified atom stereocenters. The first-order valence-electron chi connectivity index (χ1n) is 5.91. The number of rotatable bonds is 4. The average Bonchev–Trinajstić information content (AvgIpc) is 2.17. The maximum Gasteiger partial charge on any atom is 0.119 e. The predicted molar refractivity (Wildman–Crippen MR) is 68.7 cm³/mol. The second-order valence-corrected chi connectivity index (χ2v) is 5.26. The van der Waals surface area contributed by atoms with Crippen LogP contribution in [0.3, 0.4) is 0 Å². The van der Waals surface area contributed by atoms with E-state index in [9.17, 15) is 0 Å². The van der Waals surface area contributed by atoms with Crippen molar-refractivity contribution in [1.82, 2.24) is 0 Å². The molecule has 1 atom stereocenters. The number of hydrogen-bond donors (Lipinski definition) is 1. The highest BCUT2D eigenvalue weighted by Crippen LogP contribution is 2.22. The third kappa shape index (κ3) is 3.86. The number of hydrogen-bond acceptors (Lipinski definition) is 2. The van der Waals surface area contributed by atoms with E-state index in [1.165, 1.54) is 5.56 Å². The molecule has 1 rings (SSSR count). The highest BCUT2D eigenvalue weighted by Gasteiger charge is 2.20. The van der Waals surface area contributed by atoms with Crippen LogP contribution in [-0.4, -0.2) is 12.6 Å². The Hall–Kier alpha value is -1.02. The van der Waals surface area contributed by atoms with Crippen LogP contribution in [0.15, 0.2) is 24.3 Å². The largest absolute Gasteiger partial charge is 0.494 e. The molecule has 0 bridgehead atoms. The molecule has 16 heavy (non-hydrogen) atoms. The van der Waals surface area contributed by atoms with Crippen molar-refractivity contribution < 1.29 is 4.74 Å². The zero-order chi connectivity index (χ0) is 12.2. The summed E-state index contributed by atoms with van der Waals surface area (Å²) in [5.74, 6) is 0.932. The van der Waals surface area contributed by atoms with Crippen LogP contribution in [0.2, 0.25) is 0 Å². The monoisotopic (exact) mass is 221 g/mol. The van der Waals surface area contributed by atoms with E-state index in [-0.39, 0.29) is 11.5 Å². The summed E-state index contributed by atoms with van der Waals surface area (Å²) in [5.41, 5.74) is 7.55. The van der Waals surface area contributed by atoms with E-state index < -0.39 is 0 Å². The fraction of sp³-hybridized carbons (Fsp3) is 0.571. The summed E-state index contributed by atoms with van der Waals surface area (Å²) in [6.45, 7) is 9.21. The Morgan fingerprint density at radius 1 is 1.31 bits per heavy atom. The highest BCUT2D eigenvalue weighted by molar-refractivity contribution is 5.29. The summed E-state index contributed by atoms with van der Waals surface area (Å²) < 4.78 is 5.47. The van der Waals surface area contributed by atoms with Gasteiger partial charge < -0.3 is 10.5 Å². The van der Waals surface area contributed by atoms with Crippen molar-refractivity contribution >= 4 is 0 Å². The van der Waals surface area contributed by atoms with Gasteiger partial charge in [-0.25, -0.2) is 0 Å². The summed E-state index contributed by atoms with van der Waals surface area (Å²) >= 11 is 0. The molecule has 1 aromatic rings. The van der Waals surface area contributed by atoms with Gasteiger partial charge in [-0.05, 0) is 36.5 Å². The average molecular weight is 221 g/mol. The number of ether oxygens (including phenoxy) is 1. The van der Waals surface area contributed by atoms with Gasteiger partial charge in [-0.1, -0.05) is 32.9 Å². The fourth-order valence-electron chi connectivity index (χ4n) is 1.49. The summed E-state index contributed by atoms with van der Waals surface area (Å²) in [6.07, 6.45) is 0.893. The maximum absolute atomic E-state index is 6.17. The van der Waals surface area contributed by atoms with Crippen molar-refractivity contribution in [3.63, 3.8) is 0 Å². The van der Waals surface area contributed by atoms with Crippen molar-refractivity contribution in [3.8, 4) is 5.75 Å². The van der Waals surface area contributed by atoms with Crippen LogP contribution >= 0.6 is 0 Å². The Morgan fingerprint density at radius 2 is 2.00 bits per heavy atom. The topological polar surface area (TPSA) is 35.2 Å². The normalized spacial score (nSPS) is 13.6. The Balaban J connectivity index is 2.70. The maximum atomic E-state index is 6.17. The molecule has 0 aliphatic heterocycles. The second-order valence-electron chi connectivity index (χ2n) is 5.26. The first kappa shape index (κ1) is 13.0. The van der Waals surface area contributed by atoms with Crippen LogP contribution in [0.5, 0.6) is 5.75 Å². The summed E-state index contributed by atoms with van der Waals surface area (Å²) in [4.78, 5) is 0. The van der Waals surface area contributed by atoms with Gasteiger partial charge in [-0.15, -0.1) is 0 Å². The number of benzene rings is 1. The molecule has 0 saturated carbocycles. The predicted octanol–water partition coefficient (Wildman–Crippen LogP) is 3.00. The van der Waals surface area contributed by atoms with Crippen LogP contribution in [0.4, 0.5) is 0 Å². The molecule has 0 heterocycles. The summed E-state index contributed by atoms with van der Waals surface area (Å²) in [7, 11) is 0. The molecule has 2 N–H and O–H groups in total. The van der Waals surface area contributed by atoms with E-state index in [1.807, 2.05) is 19.1 Å². The van der Waals surface area contributed by atoms with E-state index in [4.69, 9.17) is 10.5 Å². The van der Waals surface area contributed by atoms with Crippen molar-refractivity contribution in [1.29, 1.82) is 0 Å². The van der Waals surface area contributed by atoms with Crippen molar-refractivity contribution in [2.45, 2.75) is 40.2 Å². The van der Waals surface area contributed by atoms with E-state index in [1.54, 1.807) is 0 Å². The van der Waals surface area contributed by atoms with Crippen molar-refractivity contribution in [3.05, 3.63) is 29.8 Å². The Bertz CT molecular complexity index is 328. The first-order chi connectivity index (χ1) is 7.43. The van der Waals surface area contributed by atoms with Crippen LogP contribution < -0.4 is 10.5 Å². The molecule has 0 amide bonds. The quantitative estimate of drug-likeness (QED) is 0.848. The molecule has 0 aliphatic rings. The Morgan fingerprint density at radius 3 is 2.56 bits per heavy atom. The molecule has 0 aromatic heterocycles. The first-order valence-corrected chi connectivity index (χ1v) is 5.91. The molecule has 90 valence electrons. The van der Waals surface area contributed by atoms with Gasteiger partial charge in [0.15, 0.2) is 0 Å². The standard InChI is InChI=1S/C14H23NO/c1-5-16-12-8-6-7-11(9-12)10-13(15)14(2,3)4/h6-9,13H,5,10,15H2,1-4H3. The van der Waals surface area contributed by atoms with Gasteiger partial charge in [0.05, 0.1) is 6.61 Å². The fourth-order valence-corrected chi connectivity index (χ4v) is 1.49. The smallest absolute Gasteiger partial charge is 0.119 e. The summed E-state index contributed by atoms with van der Waals surface area (Å²) in [6, 6.07) is 8.36. The van der Waals surface area contributed by atoms with Crippen LogP contribution in [0.25, 0.3) is 0 Å². The second kappa shape index (κ2) is 5.35. The molecule has 0 aliphatic carbocycles. The van der Waals surface area contributed by atoms with Gasteiger partial charge in [0, 0.05) is 6.04 Å². The minimum atomic E-state index is 0.140. The van der Waals surface area contributed by atoms with Gasteiger partial charge in [0.25, 0.3) is 0 Å². The highest BCUT2D eigenvalue weighted by atomic mass is 16.5. The Kier molecular flexibility index (Phi) is 4.36. The summed E-state index contributed by atoms with van der Waals surface area (Å²) in [5, 5.41) is 0. The third-order valence-electron chi connectivity index (χ3n) is 2.78. The van der Waals surface area contributed by atoms with Crippen LogP contribution in [0, 0.1) is 5.41 Å². The lowest BCUT2D eigenvalue weighted by atomic mass is 9.84. The molecule has 0 fully saturated rings. The van der Waals surface area contributed by atoms with Crippen LogP contribution in [-0.2, 0) is 6.42 Å². The molecule has 0 spiro atoms. The minimum Gasteiger partial charge on any atom is -0.494 e. The van der Waals surface area contributed by atoms with Crippen molar-refractivity contribution in [2.75, 3.05) is 6.61 Å². The van der Waals surface area contributed by atoms with Gasteiger partial charge >= 0.3 is 0 Å². The van der Waals surface area contributed by atoms with Gasteiger partial charge in [0.2, 0.25) is 0 Å². The molecule has 0 saturated heterocycles. The minimum absolute atomic E-state index is 0.140. The van der Waals surface area contributed by atoms with E-state index >= 15 is 0 Å². The zero-order valence-electron chi connectivity index (χ0n) is 10.8. The van der Waals surface area contributed by atoms with E-state index in [0.29, 0.717) is 6.61 Å². The van der Waals surface area contributed by atoms with E-state index in [2.05, 4.69) is 32.9 Å². The SMILES string of the molecule is CCOc1cccc(CC(N)C(C)(C)C)c1. The lowest BCUT2D eigenvalue weighted by Crippen LogP contribution is -2.36. The van der Waals surface area contributed by atoms with Gasteiger partial charge in [0.1, 0.15) is 5.75 Å². The van der Waals surface area contributed by atoms with E-state index in [0.717, 1.165) is 12.2 Å². The lowest BCUT2D eigenvalue weighted by Gasteiger charge is -2.27. The molecule has 1 aromatic carbocycles. The zero-order valence-corrected chi connectivity index (χ0v) is 10.8. The number of nitrogens with two attached hydrogens (primary N) is 1. The van der Waals surface area contributed by atoms with Gasteiger partial charge in [-0.3, -0.25) is 0 Å².